The molecule has 0 saturated carbocycles. The van der Waals surface area contributed by atoms with Crippen molar-refractivity contribution in [3.05, 3.63) is 81.3 Å². The van der Waals surface area contributed by atoms with Crippen LogP contribution < -0.4 is 16.8 Å². The van der Waals surface area contributed by atoms with Crippen molar-refractivity contribution >= 4 is 40.4 Å². The molecule has 3 aromatic rings. The lowest BCUT2D eigenvalue weighted by atomic mass is 9.98. The van der Waals surface area contributed by atoms with Crippen LogP contribution in [0.15, 0.2) is 47.5 Å². The number of rotatable bonds is 17. The minimum atomic E-state index is -1.92. The second-order valence-corrected chi connectivity index (χ2v) is 12.4. The van der Waals surface area contributed by atoms with Crippen LogP contribution in [0.2, 0.25) is 5.15 Å². The zero-order valence-electron chi connectivity index (χ0n) is 25.5. The summed E-state index contributed by atoms with van der Waals surface area (Å²) in [4.78, 5) is 24.5. The molecule has 1 heterocycles. The molecule has 0 radical (unpaired) electrons. The molecule has 0 bridgehead atoms. The molecule has 1 aromatic heterocycles. The Bertz CT molecular complexity index is 1470. The number of carbonyl (C=O) groups excluding carboxylic acids is 1. The van der Waals surface area contributed by atoms with Crippen LogP contribution in [0.1, 0.15) is 89.5 Å². The van der Waals surface area contributed by atoms with Gasteiger partial charge in [-0.1, -0.05) is 61.2 Å². The number of nitrogens with zero attached hydrogens (tertiary/aromatic N) is 3. The van der Waals surface area contributed by atoms with Crippen molar-refractivity contribution in [2.24, 2.45) is 10.7 Å². The molecule has 1 amide bonds. The van der Waals surface area contributed by atoms with E-state index in [4.69, 9.17) is 27.6 Å². The SMILES string of the molecule is Cc1nc(N)c(C(=O)NC(N)=NCCCCc2ccc(CCCCCC[C@H](O)c3ccc(O)c(CCS(=O)O)c3)cc2)nc1Cl. The topological polar surface area (TPSA) is 197 Å². The number of hydrogen-bond donors (Lipinski definition) is 6. The quantitative estimate of drug-likeness (QED) is 0.0511. The van der Waals surface area contributed by atoms with Gasteiger partial charge in [0.25, 0.3) is 5.91 Å². The predicted molar refractivity (Wildman–Crippen MR) is 179 cm³/mol. The average molecular weight is 659 g/mol. The van der Waals surface area contributed by atoms with Gasteiger partial charge in [-0.3, -0.25) is 15.1 Å². The summed E-state index contributed by atoms with van der Waals surface area (Å²) in [6.45, 7) is 2.12. The van der Waals surface area contributed by atoms with Crippen LogP contribution in [0, 0.1) is 6.92 Å². The molecule has 0 aliphatic carbocycles. The number of nitrogens with two attached hydrogens (primary N) is 2. The highest BCUT2D eigenvalue weighted by molar-refractivity contribution is 7.79. The molecule has 45 heavy (non-hydrogen) atoms. The van der Waals surface area contributed by atoms with E-state index in [1.807, 2.05) is 0 Å². The largest absolute Gasteiger partial charge is 0.508 e. The molecular weight excluding hydrogens is 616 g/mol. The molecule has 2 atom stereocenters. The Morgan fingerprint density at radius 1 is 1.00 bits per heavy atom. The number of halogens is 1. The fourth-order valence-electron chi connectivity index (χ4n) is 4.81. The van der Waals surface area contributed by atoms with E-state index < -0.39 is 23.1 Å². The first-order valence-electron chi connectivity index (χ1n) is 15.1. The van der Waals surface area contributed by atoms with Crippen LogP contribution in [0.3, 0.4) is 0 Å². The smallest absolute Gasteiger partial charge is 0.280 e. The van der Waals surface area contributed by atoms with Crippen LogP contribution >= 0.6 is 11.6 Å². The number of aromatic nitrogens is 2. The van der Waals surface area contributed by atoms with Crippen LogP contribution in [0.4, 0.5) is 5.82 Å². The first-order valence-corrected chi connectivity index (χ1v) is 16.7. The van der Waals surface area contributed by atoms with Gasteiger partial charge in [-0.05, 0) is 86.3 Å². The number of hydrogen-bond acceptors (Lipinski definition) is 8. The Balaban J connectivity index is 1.28. The van der Waals surface area contributed by atoms with Crippen molar-refractivity contribution in [2.75, 3.05) is 18.0 Å². The molecule has 0 fully saturated rings. The van der Waals surface area contributed by atoms with Crippen molar-refractivity contribution in [1.29, 1.82) is 0 Å². The van der Waals surface area contributed by atoms with Gasteiger partial charge >= 0.3 is 0 Å². The van der Waals surface area contributed by atoms with Crippen molar-refractivity contribution in [3.8, 4) is 5.75 Å². The normalized spacial score (nSPS) is 13.0. The molecule has 0 spiro atoms. The van der Waals surface area contributed by atoms with Gasteiger partial charge in [0.15, 0.2) is 33.7 Å². The first-order chi connectivity index (χ1) is 21.5. The highest BCUT2D eigenvalue weighted by atomic mass is 35.5. The number of aliphatic hydroxyl groups is 1. The number of aryl methyl sites for hydroxylation is 4. The molecular formula is C32H43ClN6O5S. The summed E-state index contributed by atoms with van der Waals surface area (Å²) in [5.74, 6) is -0.528. The first kappa shape index (κ1) is 35.9. The fraction of sp³-hybridized carbons (Fsp3) is 0.438. The lowest BCUT2D eigenvalue weighted by Crippen LogP contribution is -2.38. The third-order valence-electron chi connectivity index (χ3n) is 7.40. The minimum Gasteiger partial charge on any atom is -0.508 e. The molecule has 0 saturated heterocycles. The Morgan fingerprint density at radius 2 is 1.64 bits per heavy atom. The van der Waals surface area contributed by atoms with Crippen LogP contribution in [-0.2, 0) is 30.3 Å². The number of amides is 1. The third kappa shape index (κ3) is 12.4. The Kier molecular flexibility index (Phi) is 14.7. The second kappa shape index (κ2) is 18.4. The zero-order chi connectivity index (χ0) is 32.8. The number of anilines is 1. The minimum absolute atomic E-state index is 0.0137. The number of unbranched alkanes of at least 4 members (excludes halogenated alkanes) is 4. The summed E-state index contributed by atoms with van der Waals surface area (Å²) in [5, 5.41) is 23.1. The van der Waals surface area contributed by atoms with Gasteiger partial charge in [-0.2, -0.15) is 0 Å². The Hall–Kier alpha value is -3.58. The number of aromatic hydroxyl groups is 1. The Morgan fingerprint density at radius 3 is 2.31 bits per heavy atom. The number of phenolic OH excluding ortho intramolecular Hbond substituents is 1. The standard InChI is InChI=1S/C32H43ClN6O5S/c1-21-29(33)38-28(30(34)37-21)31(42)39-32(35)36-18-7-6-9-23-13-11-22(12-14-23)8-4-2-3-5-10-26(40)24-15-16-27(41)25(20-24)17-19-45(43)44/h11-16,20,26,40-41H,2-10,17-19H2,1H3,(H2,34,37)(H,43,44)(H3,35,36,39,42)/t26-/m0/s1. The van der Waals surface area contributed by atoms with Crippen molar-refractivity contribution in [1.82, 2.24) is 15.3 Å². The third-order valence-corrected chi connectivity index (χ3v) is 8.31. The van der Waals surface area contributed by atoms with E-state index in [0.717, 1.165) is 56.9 Å². The van der Waals surface area contributed by atoms with Gasteiger partial charge in [-0.25, -0.2) is 14.2 Å². The van der Waals surface area contributed by atoms with Gasteiger partial charge in [-0.15, -0.1) is 0 Å². The van der Waals surface area contributed by atoms with E-state index in [2.05, 4.69) is 44.5 Å². The van der Waals surface area contributed by atoms with E-state index in [1.54, 1.807) is 19.1 Å². The second-order valence-electron chi connectivity index (χ2n) is 11.0. The zero-order valence-corrected chi connectivity index (χ0v) is 27.1. The molecule has 8 N–H and O–H groups in total. The van der Waals surface area contributed by atoms with Gasteiger partial charge in [0.05, 0.1) is 17.6 Å². The number of aliphatic imine (C=N–C) groups is 1. The molecule has 0 aliphatic heterocycles. The van der Waals surface area contributed by atoms with Crippen LogP contribution in [-0.4, -0.2) is 53.1 Å². The summed E-state index contributed by atoms with van der Waals surface area (Å²) in [5.41, 5.74) is 15.8. The highest BCUT2D eigenvalue weighted by Gasteiger charge is 2.16. The number of nitrogen functional groups attached to an aromatic ring is 1. The van der Waals surface area contributed by atoms with E-state index >= 15 is 0 Å². The molecule has 13 heteroatoms. The monoisotopic (exact) mass is 658 g/mol. The molecule has 244 valence electrons. The van der Waals surface area contributed by atoms with Gasteiger partial charge in [0, 0.05) is 6.54 Å². The number of nitrogens with one attached hydrogen (secondary N) is 1. The molecule has 1 unspecified atom stereocenters. The molecule has 11 nitrogen and oxygen atoms in total. The molecule has 3 rings (SSSR count). The summed E-state index contributed by atoms with van der Waals surface area (Å²) in [6, 6.07) is 13.6. The number of guanidine groups is 1. The summed E-state index contributed by atoms with van der Waals surface area (Å²) < 4.78 is 19.9. The maximum absolute atomic E-state index is 12.3. The lowest BCUT2D eigenvalue weighted by molar-refractivity contribution is 0.0972. The van der Waals surface area contributed by atoms with Crippen LogP contribution in [0.25, 0.3) is 0 Å². The number of benzene rings is 2. The number of aliphatic hydroxyl groups excluding tert-OH is 1. The Labute approximate surface area is 271 Å². The molecule has 2 aromatic carbocycles. The summed E-state index contributed by atoms with van der Waals surface area (Å²) in [7, 11) is 0. The maximum Gasteiger partial charge on any atom is 0.280 e. The predicted octanol–water partition coefficient (Wildman–Crippen LogP) is 4.78. The molecule has 0 aliphatic rings. The summed E-state index contributed by atoms with van der Waals surface area (Å²) in [6.07, 6.45) is 8.00. The van der Waals surface area contributed by atoms with E-state index in [9.17, 15) is 19.2 Å². The van der Waals surface area contributed by atoms with Crippen molar-refractivity contribution in [3.63, 3.8) is 0 Å². The fourth-order valence-corrected chi connectivity index (χ4v) is 5.33. The highest BCUT2D eigenvalue weighted by Crippen LogP contribution is 2.26. The number of carbonyl (C=O) groups is 1. The maximum atomic E-state index is 12.3. The average Bonchev–Trinajstić information content (AvgIpc) is 3.00. The van der Waals surface area contributed by atoms with Gasteiger partial charge in [0.2, 0.25) is 0 Å². The lowest BCUT2D eigenvalue weighted by Gasteiger charge is -2.13. The van der Waals surface area contributed by atoms with Gasteiger partial charge < -0.3 is 26.2 Å². The summed E-state index contributed by atoms with van der Waals surface area (Å²) >= 11 is 4.01. The van der Waals surface area contributed by atoms with Crippen molar-refractivity contribution < 1.29 is 23.8 Å². The van der Waals surface area contributed by atoms with Crippen LogP contribution in [0.5, 0.6) is 5.75 Å². The van der Waals surface area contributed by atoms with E-state index in [0.29, 0.717) is 24.2 Å². The van der Waals surface area contributed by atoms with E-state index in [-0.39, 0.29) is 40.5 Å². The van der Waals surface area contributed by atoms with Crippen molar-refractivity contribution in [2.45, 2.75) is 77.2 Å². The van der Waals surface area contributed by atoms with E-state index in [1.165, 1.54) is 17.2 Å². The van der Waals surface area contributed by atoms with Gasteiger partial charge in [0.1, 0.15) is 5.75 Å². The number of phenols is 1.